The van der Waals surface area contributed by atoms with Crippen molar-refractivity contribution in [3.05, 3.63) is 35.4 Å². The van der Waals surface area contributed by atoms with Gasteiger partial charge in [-0.1, -0.05) is 52.0 Å². The molecule has 0 aliphatic heterocycles. The first kappa shape index (κ1) is 8.99. The zero-order valence-corrected chi connectivity index (χ0v) is 9.23. The first-order chi connectivity index (χ1) is 6.33. The molecule has 2 nitrogen and oxygen atoms in total. The fourth-order valence-corrected chi connectivity index (χ4v) is 2.46. The molecule has 1 unspecified atom stereocenters. The molecule has 2 rings (SSSR count). The normalized spacial score (nSPS) is 24.4. The highest BCUT2D eigenvalue weighted by atomic mass is 127. The molecule has 3 heteroatoms. The lowest BCUT2D eigenvalue weighted by Gasteiger charge is -2.20. The lowest BCUT2D eigenvalue weighted by Crippen LogP contribution is -2.23. The van der Waals surface area contributed by atoms with Gasteiger partial charge in [0.25, 0.3) is 0 Å². The zero-order valence-electron chi connectivity index (χ0n) is 7.07. The summed E-state index contributed by atoms with van der Waals surface area (Å²) in [6, 6.07) is 8.14. The summed E-state index contributed by atoms with van der Waals surface area (Å²) in [5.74, 6) is 0. The third-order valence-electron chi connectivity index (χ3n) is 2.36. The maximum Gasteiger partial charge on any atom is 0.0998 e. The molecule has 1 aliphatic rings. The molecule has 0 bridgehead atoms. The predicted molar refractivity (Wildman–Crippen MR) is 60.9 cm³/mol. The van der Waals surface area contributed by atoms with E-state index < -0.39 is 0 Å². The summed E-state index contributed by atoms with van der Waals surface area (Å²) >= 11 is 2.32. The summed E-state index contributed by atoms with van der Waals surface area (Å²) in [5, 5.41) is 12.3. The van der Waals surface area contributed by atoms with Crippen molar-refractivity contribution in [1.82, 2.24) is 0 Å². The van der Waals surface area contributed by atoms with Crippen molar-refractivity contribution in [3.63, 3.8) is 0 Å². The molecule has 13 heavy (non-hydrogen) atoms. The van der Waals surface area contributed by atoms with E-state index in [4.69, 9.17) is 5.21 Å². The molecule has 0 spiro atoms. The quantitative estimate of drug-likeness (QED) is 0.338. The van der Waals surface area contributed by atoms with Crippen LogP contribution in [0.3, 0.4) is 0 Å². The Kier molecular flexibility index (Phi) is 2.53. The number of halogens is 1. The highest BCUT2D eigenvalue weighted by Crippen LogP contribution is 2.26. The molecule has 1 aromatic rings. The van der Waals surface area contributed by atoms with E-state index in [0.717, 1.165) is 24.1 Å². The van der Waals surface area contributed by atoms with Gasteiger partial charge in [-0.15, -0.1) is 0 Å². The van der Waals surface area contributed by atoms with Crippen LogP contribution in [0.5, 0.6) is 0 Å². The van der Waals surface area contributed by atoms with E-state index in [1.165, 1.54) is 5.56 Å². The Morgan fingerprint density at radius 2 is 2.15 bits per heavy atom. The van der Waals surface area contributed by atoms with E-state index in [1.807, 2.05) is 18.2 Å². The van der Waals surface area contributed by atoms with Crippen molar-refractivity contribution >= 4 is 28.3 Å². The Hall–Kier alpha value is -0.580. The maximum atomic E-state index is 8.89. The molecule has 0 radical (unpaired) electrons. The van der Waals surface area contributed by atoms with Crippen LogP contribution in [0.15, 0.2) is 29.4 Å². The van der Waals surface area contributed by atoms with Crippen molar-refractivity contribution in [2.75, 3.05) is 0 Å². The molecule has 0 heterocycles. The highest BCUT2D eigenvalue weighted by molar-refractivity contribution is 14.1. The number of alkyl halides is 1. The smallest absolute Gasteiger partial charge is 0.0998 e. The molecule has 1 atom stereocenters. The van der Waals surface area contributed by atoms with E-state index in [9.17, 15) is 0 Å². The number of hydrogen-bond donors (Lipinski definition) is 1. The lowest BCUT2D eigenvalue weighted by atomic mass is 9.90. The second-order valence-electron chi connectivity index (χ2n) is 3.15. The summed E-state index contributed by atoms with van der Waals surface area (Å²) in [7, 11) is 0. The number of hydrogen-bond acceptors (Lipinski definition) is 2. The lowest BCUT2D eigenvalue weighted by molar-refractivity contribution is 0.318. The molecule has 68 valence electrons. The van der Waals surface area contributed by atoms with Crippen LogP contribution in [0, 0.1) is 0 Å². The van der Waals surface area contributed by atoms with Crippen molar-refractivity contribution in [2.24, 2.45) is 5.16 Å². The van der Waals surface area contributed by atoms with Crippen LogP contribution in [-0.2, 0) is 6.42 Å². The largest absolute Gasteiger partial charge is 0.411 e. The van der Waals surface area contributed by atoms with Gasteiger partial charge in [-0.25, -0.2) is 0 Å². The van der Waals surface area contributed by atoms with Gasteiger partial charge in [-0.3, -0.25) is 0 Å². The number of benzene rings is 1. The summed E-state index contributed by atoms with van der Waals surface area (Å²) in [4.78, 5) is 0. The minimum absolute atomic E-state index is 0.345. The molecule has 1 aromatic carbocycles. The molecular weight excluding hydrogens is 277 g/mol. The SMILES string of the molecule is ON=C1c2ccccc2CCC1I. The number of aryl methyl sites for hydroxylation is 1. The Balaban J connectivity index is 2.52. The summed E-state index contributed by atoms with van der Waals surface area (Å²) in [5.41, 5.74) is 3.22. The van der Waals surface area contributed by atoms with Crippen LogP contribution < -0.4 is 0 Å². The molecule has 1 N–H and O–H groups in total. The van der Waals surface area contributed by atoms with Gasteiger partial charge in [-0.05, 0) is 18.4 Å². The van der Waals surface area contributed by atoms with E-state index in [-0.39, 0.29) is 0 Å². The minimum atomic E-state index is 0.345. The molecule has 0 fully saturated rings. The van der Waals surface area contributed by atoms with Gasteiger partial charge >= 0.3 is 0 Å². The average Bonchev–Trinajstić information content (AvgIpc) is 2.18. The van der Waals surface area contributed by atoms with Gasteiger partial charge in [0.05, 0.1) is 9.64 Å². The standard InChI is InChI=1S/C10H10INO/c11-9-6-5-7-3-1-2-4-8(7)10(9)12-13/h1-4,9,13H,5-6H2. The molecule has 0 saturated heterocycles. The van der Waals surface area contributed by atoms with Crippen LogP contribution in [0.4, 0.5) is 0 Å². The van der Waals surface area contributed by atoms with Gasteiger partial charge in [0.15, 0.2) is 0 Å². The van der Waals surface area contributed by atoms with Gasteiger partial charge in [0.2, 0.25) is 0 Å². The van der Waals surface area contributed by atoms with Crippen molar-refractivity contribution < 1.29 is 5.21 Å². The van der Waals surface area contributed by atoms with E-state index in [1.54, 1.807) is 0 Å². The molecule has 0 aromatic heterocycles. The van der Waals surface area contributed by atoms with Crippen LogP contribution in [0.2, 0.25) is 0 Å². The Labute approximate surface area is 90.8 Å². The first-order valence-electron chi connectivity index (χ1n) is 4.27. The maximum absolute atomic E-state index is 8.89. The van der Waals surface area contributed by atoms with Crippen molar-refractivity contribution in [2.45, 2.75) is 16.8 Å². The molecule has 0 amide bonds. The van der Waals surface area contributed by atoms with Gasteiger partial charge in [-0.2, -0.15) is 0 Å². The van der Waals surface area contributed by atoms with Crippen LogP contribution in [0.25, 0.3) is 0 Å². The Morgan fingerprint density at radius 3 is 2.92 bits per heavy atom. The number of nitrogens with zero attached hydrogens (tertiary/aromatic N) is 1. The second kappa shape index (κ2) is 3.65. The van der Waals surface area contributed by atoms with Crippen molar-refractivity contribution in [1.29, 1.82) is 0 Å². The highest BCUT2D eigenvalue weighted by Gasteiger charge is 2.22. The molecule has 0 saturated carbocycles. The fraction of sp³-hybridized carbons (Fsp3) is 0.300. The van der Waals surface area contributed by atoms with Crippen molar-refractivity contribution in [3.8, 4) is 0 Å². The fourth-order valence-electron chi connectivity index (χ4n) is 1.69. The van der Waals surface area contributed by atoms with E-state index in [0.29, 0.717) is 3.92 Å². The first-order valence-corrected chi connectivity index (χ1v) is 5.52. The van der Waals surface area contributed by atoms with E-state index in [2.05, 4.69) is 33.8 Å². The van der Waals surface area contributed by atoms with Gasteiger partial charge < -0.3 is 5.21 Å². The van der Waals surface area contributed by atoms with Crippen LogP contribution >= 0.6 is 22.6 Å². The third-order valence-corrected chi connectivity index (χ3v) is 3.58. The zero-order chi connectivity index (χ0) is 9.26. The average molecular weight is 287 g/mol. The summed E-state index contributed by atoms with van der Waals surface area (Å²) < 4.78 is 0.345. The van der Waals surface area contributed by atoms with Crippen LogP contribution in [0.1, 0.15) is 17.5 Å². The summed E-state index contributed by atoms with van der Waals surface area (Å²) in [6.45, 7) is 0. The van der Waals surface area contributed by atoms with E-state index >= 15 is 0 Å². The molecule has 1 aliphatic carbocycles. The number of fused-ring (bicyclic) bond motifs is 1. The second-order valence-corrected chi connectivity index (χ2v) is 4.65. The molecular formula is C10H10INO. The van der Waals surface area contributed by atoms with Gasteiger partial charge in [0.1, 0.15) is 0 Å². The van der Waals surface area contributed by atoms with Crippen LogP contribution in [-0.4, -0.2) is 14.8 Å². The number of oxime groups is 1. The minimum Gasteiger partial charge on any atom is -0.411 e. The summed E-state index contributed by atoms with van der Waals surface area (Å²) in [6.07, 6.45) is 2.15. The predicted octanol–water partition coefficient (Wildman–Crippen LogP) is 2.61. The monoisotopic (exact) mass is 287 g/mol. The topological polar surface area (TPSA) is 32.6 Å². The Morgan fingerprint density at radius 1 is 1.38 bits per heavy atom. The Bertz CT molecular complexity index is 349. The van der Waals surface area contributed by atoms with Gasteiger partial charge in [0, 0.05) is 5.56 Å². The number of rotatable bonds is 0. The third kappa shape index (κ3) is 1.57.